The van der Waals surface area contributed by atoms with Crippen LogP contribution in [0.25, 0.3) is 0 Å². The van der Waals surface area contributed by atoms with Gasteiger partial charge in [0.25, 0.3) is 0 Å². The predicted molar refractivity (Wildman–Crippen MR) is 60.3 cm³/mol. The van der Waals surface area contributed by atoms with Crippen LogP contribution in [0.2, 0.25) is 5.02 Å². The van der Waals surface area contributed by atoms with Crippen molar-refractivity contribution in [2.45, 2.75) is 13.0 Å². The molecule has 0 radical (unpaired) electrons. The standard InChI is InChI=1S/C11H14ClNO2/c1-8(6-13)15-7-11(14)9-2-4-10(12)5-3-9/h2-5,8H,6-7,13H2,1H3. The van der Waals surface area contributed by atoms with E-state index in [1.165, 1.54) is 0 Å². The molecule has 15 heavy (non-hydrogen) atoms. The van der Waals surface area contributed by atoms with E-state index in [-0.39, 0.29) is 18.5 Å². The van der Waals surface area contributed by atoms with Crippen LogP contribution in [-0.4, -0.2) is 25.0 Å². The zero-order valence-corrected chi connectivity index (χ0v) is 9.33. The van der Waals surface area contributed by atoms with E-state index in [4.69, 9.17) is 22.1 Å². The van der Waals surface area contributed by atoms with Crippen molar-refractivity contribution in [2.24, 2.45) is 5.73 Å². The molecule has 0 aliphatic carbocycles. The van der Waals surface area contributed by atoms with Gasteiger partial charge in [-0.1, -0.05) is 11.6 Å². The second-order valence-corrected chi connectivity index (χ2v) is 3.72. The number of carbonyl (C=O) groups is 1. The molecule has 0 amide bonds. The zero-order chi connectivity index (χ0) is 11.3. The minimum Gasteiger partial charge on any atom is -0.369 e. The Morgan fingerprint density at radius 3 is 2.60 bits per heavy atom. The fourth-order valence-electron chi connectivity index (χ4n) is 1.01. The zero-order valence-electron chi connectivity index (χ0n) is 8.57. The Kier molecular flexibility index (Phi) is 4.75. The van der Waals surface area contributed by atoms with Crippen LogP contribution in [0.15, 0.2) is 24.3 Å². The smallest absolute Gasteiger partial charge is 0.188 e. The van der Waals surface area contributed by atoms with Gasteiger partial charge in [-0.25, -0.2) is 0 Å². The van der Waals surface area contributed by atoms with E-state index in [0.717, 1.165) is 0 Å². The number of hydrogen-bond acceptors (Lipinski definition) is 3. The maximum Gasteiger partial charge on any atom is 0.188 e. The average Bonchev–Trinajstić information content (AvgIpc) is 2.26. The molecular weight excluding hydrogens is 214 g/mol. The topological polar surface area (TPSA) is 52.3 Å². The number of nitrogens with two attached hydrogens (primary N) is 1. The minimum atomic E-state index is -0.0961. The molecule has 1 aromatic rings. The molecule has 0 aliphatic rings. The summed E-state index contributed by atoms with van der Waals surface area (Å²) in [6.07, 6.45) is -0.0961. The van der Waals surface area contributed by atoms with Crippen molar-refractivity contribution < 1.29 is 9.53 Å². The molecule has 0 spiro atoms. The Bertz CT molecular complexity index is 324. The van der Waals surface area contributed by atoms with Crippen LogP contribution >= 0.6 is 11.6 Å². The number of ether oxygens (including phenoxy) is 1. The Balaban J connectivity index is 2.50. The number of hydrogen-bond donors (Lipinski definition) is 1. The highest BCUT2D eigenvalue weighted by atomic mass is 35.5. The molecular formula is C11H14ClNO2. The summed E-state index contributed by atoms with van der Waals surface area (Å²) in [6.45, 7) is 2.29. The van der Waals surface area contributed by atoms with Crippen LogP contribution in [0.5, 0.6) is 0 Å². The van der Waals surface area contributed by atoms with Gasteiger partial charge in [0, 0.05) is 17.1 Å². The van der Waals surface area contributed by atoms with E-state index in [1.54, 1.807) is 24.3 Å². The number of ketones is 1. The Hall–Kier alpha value is -0.900. The summed E-state index contributed by atoms with van der Waals surface area (Å²) in [7, 11) is 0. The molecule has 0 fully saturated rings. The van der Waals surface area contributed by atoms with E-state index < -0.39 is 0 Å². The maximum atomic E-state index is 11.6. The van der Waals surface area contributed by atoms with E-state index in [0.29, 0.717) is 17.1 Å². The molecule has 0 bridgehead atoms. The Morgan fingerprint density at radius 2 is 2.07 bits per heavy atom. The molecule has 2 N–H and O–H groups in total. The van der Waals surface area contributed by atoms with Crippen LogP contribution in [-0.2, 0) is 4.74 Å². The van der Waals surface area contributed by atoms with Crippen molar-refractivity contribution in [3.05, 3.63) is 34.9 Å². The third-order valence-electron chi connectivity index (χ3n) is 2.00. The summed E-state index contributed by atoms with van der Waals surface area (Å²) in [5, 5.41) is 0.614. The van der Waals surface area contributed by atoms with Crippen molar-refractivity contribution in [1.29, 1.82) is 0 Å². The first-order chi connectivity index (χ1) is 7.13. The number of halogens is 1. The largest absolute Gasteiger partial charge is 0.369 e. The first-order valence-electron chi connectivity index (χ1n) is 4.74. The molecule has 1 rings (SSSR count). The number of carbonyl (C=O) groups excluding carboxylic acids is 1. The normalized spacial score (nSPS) is 12.5. The van der Waals surface area contributed by atoms with Gasteiger partial charge < -0.3 is 10.5 Å². The van der Waals surface area contributed by atoms with Crippen molar-refractivity contribution in [2.75, 3.05) is 13.2 Å². The lowest BCUT2D eigenvalue weighted by atomic mass is 10.1. The average molecular weight is 228 g/mol. The van der Waals surface area contributed by atoms with Crippen LogP contribution in [0.3, 0.4) is 0 Å². The van der Waals surface area contributed by atoms with Gasteiger partial charge in [-0.15, -0.1) is 0 Å². The van der Waals surface area contributed by atoms with Gasteiger partial charge in [-0.2, -0.15) is 0 Å². The number of benzene rings is 1. The Labute approximate surface area is 94.2 Å². The maximum absolute atomic E-state index is 11.6. The van der Waals surface area contributed by atoms with E-state index in [2.05, 4.69) is 0 Å². The molecule has 0 aliphatic heterocycles. The lowest BCUT2D eigenvalue weighted by Gasteiger charge is -2.09. The molecule has 0 heterocycles. The SMILES string of the molecule is CC(CN)OCC(=O)c1ccc(Cl)cc1. The quantitative estimate of drug-likeness (QED) is 0.782. The van der Waals surface area contributed by atoms with Crippen LogP contribution in [0, 0.1) is 0 Å². The highest BCUT2D eigenvalue weighted by Gasteiger charge is 2.07. The number of Topliss-reactive ketones (excluding diaryl/α,β-unsaturated/α-hetero) is 1. The van der Waals surface area contributed by atoms with Crippen molar-refractivity contribution >= 4 is 17.4 Å². The molecule has 0 saturated heterocycles. The summed E-state index contributed by atoms with van der Waals surface area (Å²) in [6, 6.07) is 6.73. The lowest BCUT2D eigenvalue weighted by molar-refractivity contribution is 0.0554. The summed E-state index contributed by atoms with van der Waals surface area (Å²) in [4.78, 5) is 11.6. The third-order valence-corrected chi connectivity index (χ3v) is 2.25. The molecule has 4 heteroatoms. The van der Waals surface area contributed by atoms with Gasteiger partial charge in [0.2, 0.25) is 0 Å². The van der Waals surface area contributed by atoms with Crippen molar-refractivity contribution in [3.63, 3.8) is 0 Å². The summed E-state index contributed by atoms with van der Waals surface area (Å²) in [5.74, 6) is -0.0630. The van der Waals surface area contributed by atoms with E-state index >= 15 is 0 Å². The fourth-order valence-corrected chi connectivity index (χ4v) is 1.13. The summed E-state index contributed by atoms with van der Waals surface area (Å²) < 4.78 is 5.23. The monoisotopic (exact) mass is 227 g/mol. The fraction of sp³-hybridized carbons (Fsp3) is 0.364. The van der Waals surface area contributed by atoms with Gasteiger partial charge >= 0.3 is 0 Å². The van der Waals surface area contributed by atoms with E-state index in [9.17, 15) is 4.79 Å². The first kappa shape index (κ1) is 12.2. The van der Waals surface area contributed by atoms with Gasteiger partial charge in [0.05, 0.1) is 6.10 Å². The van der Waals surface area contributed by atoms with Crippen molar-refractivity contribution in [3.8, 4) is 0 Å². The van der Waals surface area contributed by atoms with Crippen LogP contribution in [0.1, 0.15) is 17.3 Å². The third kappa shape index (κ3) is 4.00. The number of rotatable bonds is 5. The summed E-state index contributed by atoms with van der Waals surface area (Å²) >= 11 is 5.71. The molecule has 0 aromatic heterocycles. The minimum absolute atomic E-state index is 0.0556. The second-order valence-electron chi connectivity index (χ2n) is 3.29. The molecule has 1 atom stereocenters. The molecule has 82 valence electrons. The summed E-state index contributed by atoms with van der Waals surface area (Å²) in [5.41, 5.74) is 5.96. The highest BCUT2D eigenvalue weighted by molar-refractivity contribution is 6.30. The predicted octanol–water partition coefficient (Wildman–Crippen LogP) is 1.89. The van der Waals surface area contributed by atoms with Gasteiger partial charge in [0.15, 0.2) is 5.78 Å². The van der Waals surface area contributed by atoms with Gasteiger partial charge in [-0.3, -0.25) is 4.79 Å². The van der Waals surface area contributed by atoms with Crippen LogP contribution < -0.4 is 5.73 Å². The molecule has 0 saturated carbocycles. The van der Waals surface area contributed by atoms with Gasteiger partial charge in [-0.05, 0) is 31.2 Å². The lowest BCUT2D eigenvalue weighted by Crippen LogP contribution is -2.23. The van der Waals surface area contributed by atoms with Gasteiger partial charge in [0.1, 0.15) is 6.61 Å². The first-order valence-corrected chi connectivity index (χ1v) is 5.11. The molecule has 1 unspecified atom stereocenters. The second kappa shape index (κ2) is 5.85. The Morgan fingerprint density at radius 1 is 1.47 bits per heavy atom. The molecule has 1 aromatic carbocycles. The van der Waals surface area contributed by atoms with E-state index in [1.807, 2.05) is 6.92 Å². The van der Waals surface area contributed by atoms with Crippen molar-refractivity contribution in [1.82, 2.24) is 0 Å². The molecule has 3 nitrogen and oxygen atoms in total. The highest BCUT2D eigenvalue weighted by Crippen LogP contribution is 2.10. The van der Waals surface area contributed by atoms with Crippen LogP contribution in [0.4, 0.5) is 0 Å².